The van der Waals surface area contributed by atoms with Gasteiger partial charge in [0.05, 0.1) is 0 Å². The van der Waals surface area contributed by atoms with Gasteiger partial charge in [-0.05, 0) is 24.5 Å². The minimum Gasteiger partial charge on any atom is -0.385 e. The van der Waals surface area contributed by atoms with Gasteiger partial charge >= 0.3 is 0 Å². The Hall–Kier alpha value is -1.68. The van der Waals surface area contributed by atoms with Crippen molar-refractivity contribution < 1.29 is 14.6 Å². The van der Waals surface area contributed by atoms with Crippen molar-refractivity contribution in [3.05, 3.63) is 71.8 Å². The van der Waals surface area contributed by atoms with Crippen LogP contribution in [0.3, 0.4) is 0 Å². The van der Waals surface area contributed by atoms with Gasteiger partial charge in [0.15, 0.2) is 6.29 Å². The second-order valence-corrected chi connectivity index (χ2v) is 7.08. The first kappa shape index (κ1) is 18.1. The Morgan fingerprint density at radius 1 is 0.840 bits per heavy atom. The lowest BCUT2D eigenvalue weighted by molar-refractivity contribution is -0.189. The molecule has 134 valence electrons. The lowest BCUT2D eigenvalue weighted by atomic mass is 9.98. The van der Waals surface area contributed by atoms with Crippen molar-refractivity contribution in [1.82, 2.24) is 0 Å². The van der Waals surface area contributed by atoms with E-state index in [4.69, 9.17) is 9.47 Å². The summed E-state index contributed by atoms with van der Waals surface area (Å²) in [6.45, 7) is 3.98. The minimum atomic E-state index is -0.994. The molecule has 1 aliphatic rings. The zero-order valence-electron chi connectivity index (χ0n) is 15.1. The van der Waals surface area contributed by atoms with E-state index in [1.54, 1.807) is 0 Å². The zero-order chi connectivity index (χ0) is 17.7. The van der Waals surface area contributed by atoms with E-state index in [9.17, 15) is 5.11 Å². The van der Waals surface area contributed by atoms with E-state index in [0.29, 0.717) is 6.42 Å². The number of unbranched alkanes of at least 4 members (excludes halogenated alkanes) is 2. The van der Waals surface area contributed by atoms with Crippen LogP contribution in [-0.4, -0.2) is 17.0 Å². The predicted molar refractivity (Wildman–Crippen MR) is 99.1 cm³/mol. The molecule has 2 aromatic carbocycles. The summed E-state index contributed by atoms with van der Waals surface area (Å²) in [5.41, 5.74) is 1.15. The minimum absolute atomic E-state index is 0.216. The maximum Gasteiger partial charge on any atom is 0.187 e. The van der Waals surface area contributed by atoms with Crippen molar-refractivity contribution >= 4 is 0 Å². The predicted octanol–water partition coefficient (Wildman–Crippen LogP) is 5.17. The van der Waals surface area contributed by atoms with Gasteiger partial charge in [0.1, 0.15) is 17.8 Å². The van der Waals surface area contributed by atoms with Gasteiger partial charge in [0, 0.05) is 0 Å². The van der Waals surface area contributed by atoms with Crippen LogP contribution in [0.2, 0.25) is 0 Å². The maximum absolute atomic E-state index is 10.9. The molecule has 1 aliphatic heterocycles. The standard InChI is InChI=1S/C22H28O3/c1-3-4-11-16-22(2,23)21-24-19(17-12-7-5-8-13-17)20(25-21)18-14-9-6-10-15-18/h5-10,12-15,19-21,23H,3-4,11,16H2,1-2H3/t19-,20-,22-/m1/s1. The smallest absolute Gasteiger partial charge is 0.187 e. The van der Waals surface area contributed by atoms with Gasteiger partial charge in [-0.25, -0.2) is 0 Å². The first-order valence-corrected chi connectivity index (χ1v) is 9.25. The molecule has 2 aromatic rings. The molecule has 0 radical (unpaired) electrons. The average Bonchev–Trinajstić information content (AvgIpc) is 3.10. The number of rotatable bonds is 7. The highest BCUT2D eigenvalue weighted by Crippen LogP contribution is 2.45. The summed E-state index contributed by atoms with van der Waals surface area (Å²) < 4.78 is 12.5. The molecule has 0 aromatic heterocycles. The highest BCUT2D eigenvalue weighted by Gasteiger charge is 2.46. The van der Waals surface area contributed by atoms with Gasteiger partial charge in [-0.3, -0.25) is 0 Å². The van der Waals surface area contributed by atoms with E-state index < -0.39 is 11.9 Å². The van der Waals surface area contributed by atoms with Crippen molar-refractivity contribution in [3.63, 3.8) is 0 Å². The lowest BCUT2D eigenvalue weighted by Gasteiger charge is -2.28. The molecule has 0 amide bonds. The zero-order valence-corrected chi connectivity index (χ0v) is 15.1. The molecule has 25 heavy (non-hydrogen) atoms. The molecule has 1 heterocycles. The Morgan fingerprint density at radius 3 is 1.76 bits per heavy atom. The van der Waals surface area contributed by atoms with Crippen LogP contribution in [0.15, 0.2) is 60.7 Å². The molecule has 0 bridgehead atoms. The summed E-state index contributed by atoms with van der Waals surface area (Å²) in [6.07, 6.45) is 2.82. The molecule has 1 N–H and O–H groups in total. The third-order valence-corrected chi connectivity index (χ3v) is 4.87. The Balaban J connectivity index is 1.83. The van der Waals surface area contributed by atoms with E-state index in [-0.39, 0.29) is 12.2 Å². The Bertz CT molecular complexity index is 591. The summed E-state index contributed by atoms with van der Waals surface area (Å²) in [5.74, 6) is 0. The van der Waals surface area contributed by atoms with Crippen LogP contribution in [-0.2, 0) is 9.47 Å². The van der Waals surface area contributed by atoms with Gasteiger partial charge in [0.25, 0.3) is 0 Å². The maximum atomic E-state index is 10.9. The fourth-order valence-corrected chi connectivity index (χ4v) is 3.38. The van der Waals surface area contributed by atoms with Gasteiger partial charge in [0.2, 0.25) is 0 Å². The van der Waals surface area contributed by atoms with Crippen LogP contribution >= 0.6 is 0 Å². The molecule has 3 nitrogen and oxygen atoms in total. The molecule has 0 aliphatic carbocycles. The normalized spacial score (nSPS) is 23.5. The first-order chi connectivity index (χ1) is 12.1. The molecule has 0 saturated carbocycles. The molecule has 1 saturated heterocycles. The largest absolute Gasteiger partial charge is 0.385 e. The highest BCUT2D eigenvalue weighted by molar-refractivity contribution is 5.26. The van der Waals surface area contributed by atoms with E-state index >= 15 is 0 Å². The van der Waals surface area contributed by atoms with Crippen LogP contribution in [0, 0.1) is 0 Å². The summed E-state index contributed by atoms with van der Waals surface area (Å²) in [5, 5.41) is 10.9. The Labute approximate surface area is 150 Å². The van der Waals surface area contributed by atoms with E-state index in [0.717, 1.165) is 30.4 Å². The number of hydrogen-bond acceptors (Lipinski definition) is 3. The molecule has 1 fully saturated rings. The summed E-state index contributed by atoms with van der Waals surface area (Å²) in [7, 11) is 0. The third-order valence-electron chi connectivity index (χ3n) is 4.87. The van der Waals surface area contributed by atoms with Crippen LogP contribution in [0.25, 0.3) is 0 Å². The van der Waals surface area contributed by atoms with Crippen LogP contribution in [0.5, 0.6) is 0 Å². The van der Waals surface area contributed by atoms with Crippen molar-refractivity contribution in [1.29, 1.82) is 0 Å². The fraction of sp³-hybridized carbons (Fsp3) is 0.455. The quantitative estimate of drug-likeness (QED) is 0.706. The van der Waals surface area contributed by atoms with Crippen LogP contribution in [0.1, 0.15) is 62.9 Å². The molecule has 3 atom stereocenters. The van der Waals surface area contributed by atoms with Gasteiger partial charge in [-0.2, -0.15) is 0 Å². The molecule has 0 unspecified atom stereocenters. The number of benzene rings is 2. The topological polar surface area (TPSA) is 38.7 Å². The lowest BCUT2D eigenvalue weighted by Crippen LogP contribution is -2.40. The molecule has 3 rings (SSSR count). The van der Waals surface area contributed by atoms with Crippen LogP contribution in [0.4, 0.5) is 0 Å². The fourth-order valence-electron chi connectivity index (χ4n) is 3.38. The van der Waals surface area contributed by atoms with Gasteiger partial charge in [-0.15, -0.1) is 0 Å². The second kappa shape index (κ2) is 8.13. The van der Waals surface area contributed by atoms with E-state index in [2.05, 4.69) is 31.2 Å². The SMILES string of the molecule is CCCCC[C@@](C)(O)C1O[C@H](c2ccccc2)[C@@H](c2ccccc2)O1. The highest BCUT2D eigenvalue weighted by atomic mass is 16.7. The second-order valence-electron chi connectivity index (χ2n) is 7.08. The molecular weight excluding hydrogens is 312 g/mol. The Kier molecular flexibility index (Phi) is 5.89. The van der Waals surface area contributed by atoms with Crippen molar-refractivity contribution in [3.8, 4) is 0 Å². The first-order valence-electron chi connectivity index (χ1n) is 9.25. The number of aliphatic hydroxyl groups is 1. The van der Waals surface area contributed by atoms with Crippen LogP contribution < -0.4 is 0 Å². The van der Waals surface area contributed by atoms with Gasteiger partial charge < -0.3 is 14.6 Å². The number of ether oxygens (including phenoxy) is 2. The number of hydrogen-bond donors (Lipinski definition) is 1. The molecule has 0 spiro atoms. The average molecular weight is 340 g/mol. The monoisotopic (exact) mass is 340 g/mol. The summed E-state index contributed by atoms with van der Waals surface area (Å²) in [4.78, 5) is 0. The molecule has 3 heteroatoms. The van der Waals surface area contributed by atoms with E-state index in [1.807, 2.05) is 43.3 Å². The summed E-state index contributed by atoms with van der Waals surface area (Å²) >= 11 is 0. The summed E-state index contributed by atoms with van der Waals surface area (Å²) in [6, 6.07) is 20.2. The Morgan fingerprint density at radius 2 is 1.32 bits per heavy atom. The van der Waals surface area contributed by atoms with E-state index in [1.165, 1.54) is 0 Å². The molecular formula is C22H28O3. The van der Waals surface area contributed by atoms with Gasteiger partial charge in [-0.1, -0.05) is 86.8 Å². The van der Waals surface area contributed by atoms with Crippen molar-refractivity contribution in [2.24, 2.45) is 0 Å². The van der Waals surface area contributed by atoms with Crippen molar-refractivity contribution in [2.75, 3.05) is 0 Å². The van der Waals surface area contributed by atoms with Crippen molar-refractivity contribution in [2.45, 2.75) is 63.6 Å². The third kappa shape index (κ3) is 4.30.